The number of methoxy groups -OCH3 is 1. The van der Waals surface area contributed by atoms with Crippen molar-refractivity contribution in [1.29, 1.82) is 0 Å². The number of carbonyl (C=O) groups is 2. The molecular formula is C21H38O9. The number of ether oxygens (including phenoxy) is 3. The summed E-state index contributed by atoms with van der Waals surface area (Å²) in [6.45, 7) is 1.62. The minimum Gasteiger partial charge on any atom is -0.481 e. The van der Waals surface area contributed by atoms with Crippen LogP contribution in [0.1, 0.15) is 71.1 Å². The molecule has 1 rings (SSSR count). The maximum absolute atomic E-state index is 11.1. The molecule has 9 nitrogen and oxygen atoms in total. The van der Waals surface area contributed by atoms with Crippen molar-refractivity contribution in [2.45, 2.75) is 108 Å². The molecule has 0 saturated carbocycles. The molecule has 1 aliphatic heterocycles. The lowest BCUT2D eigenvalue weighted by atomic mass is 9.98. The van der Waals surface area contributed by atoms with Crippen LogP contribution < -0.4 is 0 Å². The fraction of sp³-hybridized carbons (Fsp3) is 0.905. The molecule has 1 fully saturated rings. The first-order valence-electron chi connectivity index (χ1n) is 10.8. The second kappa shape index (κ2) is 14.8. The van der Waals surface area contributed by atoms with Crippen LogP contribution in [0.15, 0.2) is 0 Å². The Bertz CT molecular complexity index is 475. The summed E-state index contributed by atoms with van der Waals surface area (Å²) in [6, 6.07) is 0. The highest BCUT2D eigenvalue weighted by Gasteiger charge is 2.44. The lowest BCUT2D eigenvalue weighted by Gasteiger charge is -2.41. The van der Waals surface area contributed by atoms with Crippen LogP contribution >= 0.6 is 0 Å². The summed E-state index contributed by atoms with van der Waals surface area (Å²) < 4.78 is 16.6. The Balaban J connectivity index is 2.59. The van der Waals surface area contributed by atoms with Crippen molar-refractivity contribution in [2.75, 3.05) is 13.7 Å². The van der Waals surface area contributed by atoms with E-state index in [-0.39, 0.29) is 24.9 Å². The van der Waals surface area contributed by atoms with Gasteiger partial charge in [-0.2, -0.15) is 0 Å². The molecule has 1 aliphatic rings. The summed E-state index contributed by atoms with van der Waals surface area (Å²) in [5.41, 5.74) is 0. The van der Waals surface area contributed by atoms with Gasteiger partial charge in [0.25, 0.3) is 0 Å². The highest BCUT2D eigenvalue weighted by molar-refractivity contribution is 5.75. The number of rotatable bonds is 16. The smallest absolute Gasteiger partial charge is 0.303 e. The van der Waals surface area contributed by atoms with Crippen LogP contribution in [-0.4, -0.2) is 82.7 Å². The SMILES string of the molecule is COC[C@@H]1O[C@H](O[C@H](CCCCCC(C)=O)CCCCCC(=O)O)[C@@H](O)[C@H](O)[C@H]1O. The van der Waals surface area contributed by atoms with Crippen molar-refractivity contribution in [3.05, 3.63) is 0 Å². The number of carbonyl (C=O) groups excluding carboxylic acids is 1. The number of ketones is 1. The first-order valence-corrected chi connectivity index (χ1v) is 10.8. The van der Waals surface area contributed by atoms with Gasteiger partial charge in [-0.1, -0.05) is 25.7 Å². The number of aliphatic hydroxyl groups is 3. The zero-order chi connectivity index (χ0) is 22.5. The van der Waals surface area contributed by atoms with Crippen molar-refractivity contribution >= 4 is 11.8 Å². The second-order valence-corrected chi connectivity index (χ2v) is 8.02. The first kappa shape index (κ1) is 26.9. The molecule has 0 radical (unpaired) electrons. The van der Waals surface area contributed by atoms with E-state index in [1.165, 1.54) is 7.11 Å². The number of hydrogen-bond donors (Lipinski definition) is 4. The molecule has 9 heteroatoms. The topological polar surface area (TPSA) is 143 Å². The van der Waals surface area contributed by atoms with E-state index in [1.807, 2.05) is 0 Å². The normalized spacial score (nSPS) is 27.7. The summed E-state index contributed by atoms with van der Waals surface area (Å²) in [7, 11) is 1.45. The molecule has 176 valence electrons. The van der Waals surface area contributed by atoms with Gasteiger partial charge < -0.3 is 39.4 Å². The van der Waals surface area contributed by atoms with Gasteiger partial charge in [0.1, 0.15) is 30.2 Å². The number of aliphatic hydroxyl groups excluding tert-OH is 3. The standard InChI is InChI=1S/C21H38O9/c1-14(22)9-5-3-6-10-15(11-7-4-8-12-17(23)24)29-21-20(27)19(26)18(25)16(30-21)13-28-2/h15-16,18-21,25-27H,3-13H2,1-2H3,(H,23,24)/t15-,16+,18+,19-,20+,21+/m1/s1. The number of Topliss-reactive ketones (excluding diaryl/α,β-unsaturated/α-hetero) is 1. The first-order chi connectivity index (χ1) is 14.3. The van der Waals surface area contributed by atoms with Gasteiger partial charge in [-0.15, -0.1) is 0 Å². The van der Waals surface area contributed by atoms with E-state index in [0.717, 1.165) is 32.1 Å². The van der Waals surface area contributed by atoms with Gasteiger partial charge in [-0.25, -0.2) is 0 Å². The summed E-state index contributed by atoms with van der Waals surface area (Å²) in [4.78, 5) is 21.7. The average Bonchev–Trinajstić information content (AvgIpc) is 2.68. The predicted molar refractivity (Wildman–Crippen MR) is 108 cm³/mol. The Labute approximate surface area is 178 Å². The Morgan fingerprint density at radius 3 is 2.03 bits per heavy atom. The van der Waals surface area contributed by atoms with Crippen LogP contribution in [0.4, 0.5) is 0 Å². The zero-order valence-electron chi connectivity index (χ0n) is 18.1. The largest absolute Gasteiger partial charge is 0.481 e. The molecule has 0 spiro atoms. The van der Waals surface area contributed by atoms with E-state index in [2.05, 4.69) is 0 Å². The van der Waals surface area contributed by atoms with E-state index >= 15 is 0 Å². The van der Waals surface area contributed by atoms with Crippen LogP contribution in [0, 0.1) is 0 Å². The number of aliphatic carboxylic acids is 1. The monoisotopic (exact) mass is 434 g/mol. The molecule has 1 heterocycles. The zero-order valence-corrected chi connectivity index (χ0v) is 18.1. The van der Waals surface area contributed by atoms with E-state index in [1.54, 1.807) is 6.92 Å². The van der Waals surface area contributed by atoms with E-state index < -0.39 is 36.7 Å². The predicted octanol–water partition coefficient (Wildman–Crippen LogP) is 1.40. The quantitative estimate of drug-likeness (QED) is 0.265. The lowest BCUT2D eigenvalue weighted by molar-refractivity contribution is -0.313. The number of carboxylic acid groups (broad SMARTS) is 1. The molecule has 4 N–H and O–H groups in total. The second-order valence-electron chi connectivity index (χ2n) is 8.02. The number of unbranched alkanes of at least 4 members (excludes halogenated alkanes) is 4. The van der Waals surface area contributed by atoms with Crippen LogP contribution in [0.3, 0.4) is 0 Å². The third-order valence-electron chi connectivity index (χ3n) is 5.30. The maximum Gasteiger partial charge on any atom is 0.303 e. The van der Waals surface area contributed by atoms with Gasteiger partial charge in [-0.3, -0.25) is 4.79 Å². The van der Waals surface area contributed by atoms with Gasteiger partial charge in [0.05, 0.1) is 12.7 Å². The van der Waals surface area contributed by atoms with Crippen LogP contribution in [0.25, 0.3) is 0 Å². The van der Waals surface area contributed by atoms with Crippen LogP contribution in [0.5, 0.6) is 0 Å². The van der Waals surface area contributed by atoms with Crippen LogP contribution in [-0.2, 0) is 23.8 Å². The van der Waals surface area contributed by atoms with Gasteiger partial charge in [0.2, 0.25) is 0 Å². The van der Waals surface area contributed by atoms with Crippen molar-refractivity contribution < 1.29 is 44.2 Å². The highest BCUT2D eigenvalue weighted by Crippen LogP contribution is 2.26. The van der Waals surface area contributed by atoms with Crippen molar-refractivity contribution in [3.63, 3.8) is 0 Å². The molecule has 0 bridgehead atoms. The molecular weight excluding hydrogens is 396 g/mol. The van der Waals surface area contributed by atoms with Gasteiger partial charge >= 0.3 is 5.97 Å². The Hall–Kier alpha value is -1.10. The molecule has 1 saturated heterocycles. The summed E-state index contributed by atoms with van der Waals surface area (Å²) in [5, 5.41) is 39.2. The Kier molecular flexibility index (Phi) is 13.3. The molecule has 6 atom stereocenters. The summed E-state index contributed by atoms with van der Waals surface area (Å²) in [6.07, 6.45) is 0.418. The van der Waals surface area contributed by atoms with E-state index in [4.69, 9.17) is 19.3 Å². The van der Waals surface area contributed by atoms with E-state index in [9.17, 15) is 24.9 Å². The number of carboxylic acids is 1. The minimum absolute atomic E-state index is 0.0513. The highest BCUT2D eigenvalue weighted by atomic mass is 16.7. The van der Waals surface area contributed by atoms with Crippen molar-refractivity contribution in [1.82, 2.24) is 0 Å². The molecule has 0 amide bonds. The molecule has 0 unspecified atom stereocenters. The third kappa shape index (κ3) is 10.3. The van der Waals surface area contributed by atoms with E-state index in [0.29, 0.717) is 25.7 Å². The molecule has 0 aromatic carbocycles. The Morgan fingerprint density at radius 1 is 0.900 bits per heavy atom. The minimum atomic E-state index is -1.41. The molecule has 30 heavy (non-hydrogen) atoms. The van der Waals surface area contributed by atoms with Crippen LogP contribution in [0.2, 0.25) is 0 Å². The Morgan fingerprint density at radius 2 is 1.50 bits per heavy atom. The van der Waals surface area contributed by atoms with Gasteiger partial charge in [-0.05, 0) is 32.6 Å². The maximum atomic E-state index is 11.1. The molecule has 0 aromatic heterocycles. The van der Waals surface area contributed by atoms with Crippen molar-refractivity contribution in [2.24, 2.45) is 0 Å². The van der Waals surface area contributed by atoms with Gasteiger partial charge in [0, 0.05) is 20.0 Å². The lowest BCUT2D eigenvalue weighted by Crippen LogP contribution is -2.59. The van der Waals surface area contributed by atoms with Crippen molar-refractivity contribution in [3.8, 4) is 0 Å². The summed E-state index contributed by atoms with van der Waals surface area (Å²) >= 11 is 0. The number of hydrogen-bond acceptors (Lipinski definition) is 8. The van der Waals surface area contributed by atoms with Gasteiger partial charge in [0.15, 0.2) is 6.29 Å². The average molecular weight is 435 g/mol. The third-order valence-corrected chi connectivity index (χ3v) is 5.30. The molecule has 0 aromatic rings. The fourth-order valence-corrected chi connectivity index (χ4v) is 3.55. The summed E-state index contributed by atoms with van der Waals surface area (Å²) in [5.74, 6) is -0.652. The fourth-order valence-electron chi connectivity index (χ4n) is 3.55. The molecule has 0 aliphatic carbocycles.